The van der Waals surface area contributed by atoms with Gasteiger partial charge >= 0.3 is 0 Å². The fraction of sp³-hybridized carbons (Fsp3) is 0.111. The van der Waals surface area contributed by atoms with Gasteiger partial charge in [0.15, 0.2) is 0 Å². The summed E-state index contributed by atoms with van der Waals surface area (Å²) in [5.74, 6) is 0. The maximum absolute atomic E-state index is 3.74. The van der Waals surface area contributed by atoms with Crippen LogP contribution in [0.15, 0.2) is 92.4 Å². The molecule has 1 N–H and O–H groups in total. The van der Waals surface area contributed by atoms with Gasteiger partial charge in [-0.05, 0) is 52.6 Å². The zero-order valence-corrected chi connectivity index (χ0v) is 18.4. The minimum atomic E-state index is -0.0394. The molecule has 0 saturated heterocycles. The van der Waals surface area contributed by atoms with Crippen LogP contribution < -0.4 is 0 Å². The number of nitrogens with one attached hydrogen (secondary N) is 1. The van der Waals surface area contributed by atoms with Crippen LogP contribution in [-0.4, -0.2) is 4.98 Å². The van der Waals surface area contributed by atoms with Crippen LogP contribution in [0.4, 0.5) is 0 Å². The first-order chi connectivity index (χ1) is 14.6. The van der Waals surface area contributed by atoms with Gasteiger partial charge in [0.2, 0.25) is 0 Å². The van der Waals surface area contributed by atoms with Crippen LogP contribution >= 0.6 is 23.5 Å². The molecule has 0 fully saturated rings. The molecule has 3 heteroatoms. The number of rotatable bonds is 0. The summed E-state index contributed by atoms with van der Waals surface area (Å²) in [7, 11) is 0. The van der Waals surface area contributed by atoms with Gasteiger partial charge in [0.05, 0.1) is 5.52 Å². The summed E-state index contributed by atoms with van der Waals surface area (Å²) in [4.78, 5) is 9.22. The van der Waals surface area contributed by atoms with Crippen LogP contribution in [0.5, 0.6) is 0 Å². The highest BCUT2D eigenvalue weighted by Crippen LogP contribution is 2.56. The topological polar surface area (TPSA) is 15.8 Å². The van der Waals surface area contributed by atoms with E-state index >= 15 is 0 Å². The molecule has 4 aromatic carbocycles. The lowest BCUT2D eigenvalue weighted by molar-refractivity contribution is 0.662. The molecular weight excluding hydrogens is 402 g/mol. The Balaban J connectivity index is 1.50. The number of H-pyrrole nitrogens is 1. The molecule has 1 aromatic heterocycles. The van der Waals surface area contributed by atoms with E-state index in [1.54, 1.807) is 0 Å². The molecule has 0 bridgehead atoms. The van der Waals surface area contributed by atoms with Gasteiger partial charge in [-0.1, -0.05) is 79.8 Å². The Morgan fingerprint density at radius 2 is 1.37 bits per heavy atom. The van der Waals surface area contributed by atoms with Crippen molar-refractivity contribution >= 4 is 45.3 Å². The predicted molar refractivity (Wildman–Crippen MR) is 128 cm³/mol. The van der Waals surface area contributed by atoms with Gasteiger partial charge in [0.1, 0.15) is 0 Å². The van der Waals surface area contributed by atoms with Gasteiger partial charge in [-0.3, -0.25) is 0 Å². The van der Waals surface area contributed by atoms with Gasteiger partial charge in [-0.2, -0.15) is 0 Å². The van der Waals surface area contributed by atoms with Crippen LogP contribution in [0, 0.1) is 0 Å². The molecule has 0 radical (unpaired) electrons. The van der Waals surface area contributed by atoms with Crippen molar-refractivity contribution in [2.45, 2.75) is 38.8 Å². The molecule has 30 heavy (non-hydrogen) atoms. The molecule has 7 rings (SSSR count). The Labute approximate surface area is 183 Å². The molecular formula is C27H19NS2. The third-order valence-electron chi connectivity index (χ3n) is 6.64. The second-order valence-corrected chi connectivity index (χ2v) is 10.9. The highest BCUT2D eigenvalue weighted by Gasteiger charge is 2.39. The molecule has 144 valence electrons. The van der Waals surface area contributed by atoms with Gasteiger partial charge in [0, 0.05) is 41.3 Å². The lowest BCUT2D eigenvalue weighted by Gasteiger charge is -2.24. The third kappa shape index (κ3) is 2.12. The van der Waals surface area contributed by atoms with E-state index in [9.17, 15) is 0 Å². The summed E-state index contributed by atoms with van der Waals surface area (Å²) < 4.78 is 0. The quantitative estimate of drug-likeness (QED) is 0.266. The number of hydrogen-bond donors (Lipinski definition) is 1. The summed E-state index contributed by atoms with van der Waals surface area (Å²) in [6.07, 6.45) is 0. The highest BCUT2D eigenvalue weighted by molar-refractivity contribution is 8.05. The second kappa shape index (κ2) is 5.75. The first-order valence-corrected chi connectivity index (χ1v) is 11.9. The number of fused-ring (bicyclic) bond motifs is 9. The Morgan fingerprint density at radius 3 is 2.17 bits per heavy atom. The number of benzene rings is 4. The molecule has 0 spiro atoms. The van der Waals surface area contributed by atoms with E-state index in [1.807, 2.05) is 23.5 Å². The number of aromatic amines is 1. The van der Waals surface area contributed by atoms with Gasteiger partial charge in [0.25, 0.3) is 0 Å². The smallest absolute Gasteiger partial charge is 0.0512 e. The van der Waals surface area contributed by atoms with Crippen molar-refractivity contribution in [2.24, 2.45) is 0 Å². The van der Waals surface area contributed by atoms with Crippen molar-refractivity contribution in [3.63, 3.8) is 0 Å². The fourth-order valence-electron chi connectivity index (χ4n) is 5.24. The monoisotopic (exact) mass is 421 g/mol. The van der Waals surface area contributed by atoms with E-state index in [-0.39, 0.29) is 5.41 Å². The Hall–Kier alpha value is -2.62. The van der Waals surface area contributed by atoms with E-state index in [2.05, 4.69) is 91.6 Å². The molecule has 1 aliphatic carbocycles. The SMILES string of the molecule is CC1(C)c2cc3c(cc2-c2ccc4c([nH]c5ccccc54)c21)Sc1ccccc1S3. The second-order valence-electron chi connectivity index (χ2n) is 8.70. The molecule has 2 heterocycles. The maximum Gasteiger partial charge on any atom is 0.0512 e. The van der Waals surface area contributed by atoms with Gasteiger partial charge < -0.3 is 4.98 Å². The summed E-state index contributed by atoms with van der Waals surface area (Å²) in [5, 5.41) is 2.63. The number of para-hydroxylation sites is 1. The summed E-state index contributed by atoms with van der Waals surface area (Å²) in [5.41, 5.74) is 8.10. The maximum atomic E-state index is 3.74. The van der Waals surface area contributed by atoms with Crippen molar-refractivity contribution < 1.29 is 0 Å². The summed E-state index contributed by atoms with van der Waals surface area (Å²) in [6, 6.07) is 26.9. The lowest BCUT2D eigenvalue weighted by Crippen LogP contribution is -2.16. The van der Waals surface area contributed by atoms with Gasteiger partial charge in [-0.25, -0.2) is 0 Å². The minimum absolute atomic E-state index is 0.0394. The molecule has 0 amide bonds. The van der Waals surface area contributed by atoms with Gasteiger partial charge in [-0.15, -0.1) is 0 Å². The molecule has 0 atom stereocenters. The molecule has 0 unspecified atom stereocenters. The number of hydrogen-bond acceptors (Lipinski definition) is 2. The third-order valence-corrected chi connectivity index (χ3v) is 9.17. The first kappa shape index (κ1) is 17.1. The first-order valence-electron chi connectivity index (χ1n) is 10.3. The van der Waals surface area contributed by atoms with Crippen molar-refractivity contribution in [1.82, 2.24) is 4.98 Å². The predicted octanol–water partition coefficient (Wildman–Crippen LogP) is 8.24. The lowest BCUT2D eigenvalue weighted by atomic mass is 9.81. The molecule has 5 aromatic rings. The molecule has 1 nitrogen and oxygen atoms in total. The van der Waals surface area contributed by atoms with E-state index in [1.165, 1.54) is 63.6 Å². The average molecular weight is 422 g/mol. The standard InChI is InChI=1S/C27H19NS2/c1-27(2)19-14-24-23(29-21-9-5-6-10-22(21)30-24)13-18(19)16-11-12-17-15-7-3-4-8-20(15)28-26(17)25(16)27/h3-14,28H,1-2H3. The Kier molecular flexibility index (Phi) is 3.28. The Morgan fingerprint density at radius 1 is 0.667 bits per heavy atom. The zero-order valence-electron chi connectivity index (χ0n) is 16.7. The van der Waals surface area contributed by atoms with Crippen LogP contribution in [0.3, 0.4) is 0 Å². The van der Waals surface area contributed by atoms with Crippen molar-refractivity contribution in [3.05, 3.63) is 83.9 Å². The van der Waals surface area contributed by atoms with Crippen LogP contribution in [0.1, 0.15) is 25.0 Å². The van der Waals surface area contributed by atoms with Crippen LogP contribution in [0.25, 0.3) is 32.9 Å². The van der Waals surface area contributed by atoms with Crippen LogP contribution in [-0.2, 0) is 5.41 Å². The van der Waals surface area contributed by atoms with E-state index in [0.717, 1.165) is 0 Å². The molecule has 2 aliphatic rings. The van der Waals surface area contributed by atoms with Crippen LogP contribution in [0.2, 0.25) is 0 Å². The average Bonchev–Trinajstić information content (AvgIpc) is 3.24. The van der Waals surface area contributed by atoms with Crippen molar-refractivity contribution in [3.8, 4) is 11.1 Å². The normalized spacial score (nSPS) is 15.7. The van der Waals surface area contributed by atoms with E-state index < -0.39 is 0 Å². The Bertz CT molecular complexity index is 1520. The summed E-state index contributed by atoms with van der Waals surface area (Å²) >= 11 is 3.81. The summed E-state index contributed by atoms with van der Waals surface area (Å²) in [6.45, 7) is 4.76. The highest BCUT2D eigenvalue weighted by atomic mass is 32.2. The molecule has 1 aliphatic heterocycles. The van der Waals surface area contributed by atoms with E-state index in [4.69, 9.17) is 0 Å². The number of aromatic nitrogens is 1. The minimum Gasteiger partial charge on any atom is -0.354 e. The van der Waals surface area contributed by atoms with Crippen molar-refractivity contribution in [1.29, 1.82) is 0 Å². The molecule has 0 saturated carbocycles. The van der Waals surface area contributed by atoms with E-state index in [0.29, 0.717) is 0 Å². The largest absolute Gasteiger partial charge is 0.354 e. The fourth-order valence-corrected chi connectivity index (χ4v) is 7.52. The zero-order chi connectivity index (χ0) is 20.0. The van der Waals surface area contributed by atoms with Crippen molar-refractivity contribution in [2.75, 3.05) is 0 Å².